The summed E-state index contributed by atoms with van der Waals surface area (Å²) in [4.78, 5) is 37.7. The number of carbonyl (C=O) groups is 3. The van der Waals surface area contributed by atoms with Crippen molar-refractivity contribution in [1.82, 2.24) is 0 Å². The molecule has 1 aliphatic carbocycles. The van der Waals surface area contributed by atoms with Crippen molar-refractivity contribution in [2.45, 2.75) is 45.4 Å². The van der Waals surface area contributed by atoms with Crippen molar-refractivity contribution >= 4 is 23.3 Å². The number of nitrogens with zero attached hydrogens (tertiary/aromatic N) is 1. The molecular formula is C17H19NO3. The van der Waals surface area contributed by atoms with Gasteiger partial charge in [-0.05, 0) is 44.0 Å². The molecule has 3 rings (SSSR count). The lowest BCUT2D eigenvalue weighted by molar-refractivity contribution is -0.127. The van der Waals surface area contributed by atoms with E-state index in [-0.39, 0.29) is 17.6 Å². The molecule has 1 aromatic carbocycles. The third-order valence-electron chi connectivity index (χ3n) is 4.74. The second-order valence-electron chi connectivity index (χ2n) is 6.16. The number of ketones is 1. The van der Waals surface area contributed by atoms with Gasteiger partial charge in [-0.25, -0.2) is 0 Å². The van der Waals surface area contributed by atoms with Crippen molar-refractivity contribution in [3.63, 3.8) is 0 Å². The maximum atomic E-state index is 12.8. The minimum atomic E-state index is -0.464. The average Bonchev–Trinajstić information content (AvgIpc) is 2.71. The van der Waals surface area contributed by atoms with Gasteiger partial charge in [0.15, 0.2) is 5.78 Å². The first-order valence-electron chi connectivity index (χ1n) is 7.52. The highest BCUT2D eigenvalue weighted by Crippen LogP contribution is 2.46. The fourth-order valence-electron chi connectivity index (χ4n) is 3.52. The molecule has 0 bridgehead atoms. The van der Waals surface area contributed by atoms with Crippen molar-refractivity contribution in [3.05, 3.63) is 29.8 Å². The molecule has 1 spiro atoms. The molecule has 1 saturated heterocycles. The van der Waals surface area contributed by atoms with Crippen LogP contribution < -0.4 is 4.90 Å². The Morgan fingerprint density at radius 1 is 1.05 bits per heavy atom. The second-order valence-corrected chi connectivity index (χ2v) is 6.16. The van der Waals surface area contributed by atoms with Gasteiger partial charge in [0.2, 0.25) is 11.8 Å². The van der Waals surface area contributed by atoms with Gasteiger partial charge in [0, 0.05) is 12.0 Å². The molecule has 1 saturated carbocycles. The van der Waals surface area contributed by atoms with Crippen LogP contribution in [-0.4, -0.2) is 17.6 Å². The summed E-state index contributed by atoms with van der Waals surface area (Å²) in [5, 5.41) is 0. The van der Waals surface area contributed by atoms with Crippen molar-refractivity contribution in [1.29, 1.82) is 0 Å². The van der Waals surface area contributed by atoms with Crippen molar-refractivity contribution < 1.29 is 14.4 Å². The molecule has 0 N–H and O–H groups in total. The zero-order chi connectivity index (χ0) is 15.0. The molecule has 0 unspecified atom stereocenters. The molecule has 110 valence electrons. The zero-order valence-corrected chi connectivity index (χ0v) is 12.2. The van der Waals surface area contributed by atoms with Crippen LogP contribution in [0.2, 0.25) is 0 Å². The highest BCUT2D eigenvalue weighted by molar-refractivity contribution is 6.22. The standard InChI is InChI=1S/C17H19NO3/c1-12(19)13-5-7-14(8-6-13)18-15(20)11-17(16(18)21)9-3-2-4-10-17/h5-8H,2-4,9-11H2,1H3. The Morgan fingerprint density at radius 3 is 2.24 bits per heavy atom. The molecule has 4 heteroatoms. The van der Waals surface area contributed by atoms with Crippen LogP contribution in [0.3, 0.4) is 0 Å². The zero-order valence-electron chi connectivity index (χ0n) is 12.2. The largest absolute Gasteiger partial charge is 0.295 e. The van der Waals surface area contributed by atoms with Crippen LogP contribution in [0.4, 0.5) is 5.69 Å². The molecule has 0 radical (unpaired) electrons. The first-order valence-corrected chi connectivity index (χ1v) is 7.52. The summed E-state index contributed by atoms with van der Waals surface area (Å²) < 4.78 is 0. The Labute approximate surface area is 124 Å². The van der Waals surface area contributed by atoms with Gasteiger partial charge in [-0.15, -0.1) is 0 Å². The Kier molecular flexibility index (Phi) is 3.40. The summed E-state index contributed by atoms with van der Waals surface area (Å²) in [6.07, 6.45) is 5.17. The van der Waals surface area contributed by atoms with E-state index >= 15 is 0 Å². The van der Waals surface area contributed by atoms with Gasteiger partial charge < -0.3 is 0 Å². The summed E-state index contributed by atoms with van der Waals surface area (Å²) in [6, 6.07) is 6.72. The van der Waals surface area contributed by atoms with Gasteiger partial charge in [0.05, 0.1) is 11.1 Å². The van der Waals surface area contributed by atoms with Crippen molar-refractivity contribution in [2.24, 2.45) is 5.41 Å². The molecule has 2 fully saturated rings. The van der Waals surface area contributed by atoms with Gasteiger partial charge in [0.1, 0.15) is 0 Å². The SMILES string of the molecule is CC(=O)c1ccc(N2C(=O)CC3(CCCCC3)C2=O)cc1. The molecule has 0 atom stereocenters. The lowest BCUT2D eigenvalue weighted by atomic mass is 9.73. The number of imide groups is 1. The maximum Gasteiger partial charge on any atom is 0.240 e. The fraction of sp³-hybridized carbons (Fsp3) is 0.471. The lowest BCUT2D eigenvalue weighted by Crippen LogP contribution is -2.36. The van der Waals surface area contributed by atoms with Crippen LogP contribution in [0.1, 0.15) is 55.8 Å². The van der Waals surface area contributed by atoms with E-state index in [9.17, 15) is 14.4 Å². The van der Waals surface area contributed by atoms with Crippen molar-refractivity contribution in [3.8, 4) is 0 Å². The Morgan fingerprint density at radius 2 is 1.67 bits per heavy atom. The summed E-state index contributed by atoms with van der Waals surface area (Å²) in [5.74, 6) is -0.190. The molecular weight excluding hydrogens is 266 g/mol. The van der Waals surface area contributed by atoms with Crippen LogP contribution in [0.15, 0.2) is 24.3 Å². The number of hydrogen-bond acceptors (Lipinski definition) is 3. The number of anilines is 1. The number of hydrogen-bond donors (Lipinski definition) is 0. The summed E-state index contributed by atoms with van der Waals surface area (Å²) >= 11 is 0. The molecule has 0 aromatic heterocycles. The first kappa shape index (κ1) is 14.0. The monoisotopic (exact) mass is 285 g/mol. The van der Waals surface area contributed by atoms with Gasteiger partial charge in [-0.3, -0.25) is 19.3 Å². The molecule has 21 heavy (non-hydrogen) atoms. The summed E-state index contributed by atoms with van der Waals surface area (Å²) in [6.45, 7) is 1.50. The number of amides is 2. The predicted molar refractivity (Wildman–Crippen MR) is 79.1 cm³/mol. The molecule has 2 aliphatic rings. The topological polar surface area (TPSA) is 54.5 Å². The van der Waals surface area contributed by atoms with Crippen LogP contribution in [0.5, 0.6) is 0 Å². The third-order valence-corrected chi connectivity index (χ3v) is 4.74. The smallest absolute Gasteiger partial charge is 0.240 e. The van der Waals surface area contributed by atoms with Gasteiger partial charge in [-0.1, -0.05) is 19.3 Å². The van der Waals surface area contributed by atoms with E-state index < -0.39 is 5.41 Å². The van der Waals surface area contributed by atoms with E-state index in [1.54, 1.807) is 24.3 Å². The molecule has 1 heterocycles. The maximum absolute atomic E-state index is 12.8. The van der Waals surface area contributed by atoms with Crippen LogP contribution in [-0.2, 0) is 9.59 Å². The van der Waals surface area contributed by atoms with Gasteiger partial charge >= 0.3 is 0 Å². The van der Waals surface area contributed by atoms with Crippen LogP contribution in [0.25, 0.3) is 0 Å². The fourth-order valence-corrected chi connectivity index (χ4v) is 3.52. The molecule has 1 aromatic rings. The Bertz CT molecular complexity index is 597. The highest BCUT2D eigenvalue weighted by Gasteiger charge is 2.51. The van der Waals surface area contributed by atoms with Crippen molar-refractivity contribution in [2.75, 3.05) is 4.90 Å². The third kappa shape index (κ3) is 2.28. The van der Waals surface area contributed by atoms with Crippen LogP contribution in [0, 0.1) is 5.41 Å². The average molecular weight is 285 g/mol. The molecule has 2 amide bonds. The number of carbonyl (C=O) groups excluding carboxylic acids is 3. The van der Waals surface area contributed by atoms with E-state index in [2.05, 4.69) is 0 Å². The van der Waals surface area contributed by atoms with Crippen LogP contribution >= 0.6 is 0 Å². The summed E-state index contributed by atoms with van der Waals surface area (Å²) in [5.41, 5.74) is 0.705. The van der Waals surface area contributed by atoms with E-state index in [1.165, 1.54) is 11.8 Å². The normalized spacial score (nSPS) is 21.1. The van der Waals surface area contributed by atoms with E-state index in [0.717, 1.165) is 32.1 Å². The summed E-state index contributed by atoms with van der Waals surface area (Å²) in [7, 11) is 0. The molecule has 4 nitrogen and oxygen atoms in total. The lowest BCUT2D eigenvalue weighted by Gasteiger charge is -2.30. The number of rotatable bonds is 2. The quantitative estimate of drug-likeness (QED) is 0.619. The Hall–Kier alpha value is -1.97. The van der Waals surface area contributed by atoms with Gasteiger partial charge in [-0.2, -0.15) is 0 Å². The number of benzene rings is 1. The minimum absolute atomic E-state index is 0.0237. The predicted octanol–water partition coefficient (Wildman–Crippen LogP) is 3.10. The molecule has 1 aliphatic heterocycles. The second kappa shape index (κ2) is 5.10. The highest BCUT2D eigenvalue weighted by atomic mass is 16.2. The minimum Gasteiger partial charge on any atom is -0.295 e. The van der Waals surface area contributed by atoms with Gasteiger partial charge in [0.25, 0.3) is 0 Å². The van der Waals surface area contributed by atoms with E-state index in [0.29, 0.717) is 17.7 Å². The number of Topliss-reactive ketones (excluding diaryl/α,β-unsaturated/α-hetero) is 1. The Balaban J connectivity index is 1.90. The van der Waals surface area contributed by atoms with E-state index in [1.807, 2.05) is 0 Å². The van der Waals surface area contributed by atoms with E-state index in [4.69, 9.17) is 0 Å². The first-order chi connectivity index (χ1) is 10.0.